The lowest BCUT2D eigenvalue weighted by Gasteiger charge is -2.04. The molecule has 0 aliphatic carbocycles. The molecule has 80 valence electrons. The maximum absolute atomic E-state index is 11.9. The van der Waals surface area contributed by atoms with Crippen LogP contribution in [0.4, 0.5) is 0 Å². The Morgan fingerprint density at radius 2 is 2.44 bits per heavy atom. The number of hydrogen-bond donors (Lipinski definition) is 0. The van der Waals surface area contributed by atoms with Gasteiger partial charge in [-0.3, -0.25) is 4.79 Å². The zero-order valence-corrected chi connectivity index (χ0v) is 8.80. The second kappa shape index (κ2) is 4.15. The van der Waals surface area contributed by atoms with E-state index in [0.29, 0.717) is 23.1 Å². The van der Waals surface area contributed by atoms with Gasteiger partial charge in [0.1, 0.15) is 11.4 Å². The molecule has 0 bridgehead atoms. The molecule has 0 saturated carbocycles. The third-order valence-corrected chi connectivity index (χ3v) is 2.50. The molecular formula is C12H10N2O2. The topological polar surface area (TPSA) is 66.9 Å². The van der Waals surface area contributed by atoms with Gasteiger partial charge in [-0.15, -0.1) is 0 Å². The van der Waals surface area contributed by atoms with Crippen LogP contribution in [-0.4, -0.2) is 10.8 Å². The largest absolute Gasteiger partial charge is 0.443 e. The number of fused-ring (bicyclic) bond motifs is 1. The first-order valence-electron chi connectivity index (χ1n) is 5.03. The number of carbonyl (C=O) groups excluding carboxylic acids is 1. The van der Waals surface area contributed by atoms with Gasteiger partial charge in [-0.2, -0.15) is 5.26 Å². The lowest BCUT2D eigenvalue weighted by molar-refractivity contribution is 0.0946. The zero-order valence-electron chi connectivity index (χ0n) is 8.80. The van der Waals surface area contributed by atoms with E-state index in [1.807, 2.05) is 13.0 Å². The summed E-state index contributed by atoms with van der Waals surface area (Å²) in [6.07, 6.45) is 1.85. The van der Waals surface area contributed by atoms with Crippen LogP contribution in [-0.2, 0) is 0 Å². The third-order valence-electron chi connectivity index (χ3n) is 2.50. The molecule has 4 nitrogen and oxygen atoms in total. The molecule has 0 amide bonds. The first-order valence-corrected chi connectivity index (χ1v) is 5.03. The zero-order chi connectivity index (χ0) is 11.5. The highest BCUT2D eigenvalue weighted by molar-refractivity contribution is 6.01. The van der Waals surface area contributed by atoms with Crippen molar-refractivity contribution >= 4 is 16.9 Å². The molecule has 1 aromatic heterocycles. The number of nitrogens with zero attached hydrogens (tertiary/aromatic N) is 2. The fourth-order valence-corrected chi connectivity index (χ4v) is 1.54. The van der Waals surface area contributed by atoms with Gasteiger partial charge < -0.3 is 4.42 Å². The number of aromatic nitrogens is 1. The summed E-state index contributed by atoms with van der Waals surface area (Å²) < 4.78 is 5.11. The molecule has 0 saturated heterocycles. The molecular weight excluding hydrogens is 204 g/mol. The second-order valence-corrected chi connectivity index (χ2v) is 3.49. The van der Waals surface area contributed by atoms with Crippen molar-refractivity contribution in [1.82, 2.24) is 4.98 Å². The highest BCUT2D eigenvalue weighted by Gasteiger charge is 2.18. The van der Waals surface area contributed by atoms with E-state index < -0.39 is 5.92 Å². The van der Waals surface area contributed by atoms with Crippen LogP contribution < -0.4 is 0 Å². The van der Waals surface area contributed by atoms with Crippen LogP contribution in [0.25, 0.3) is 11.1 Å². The Balaban J connectivity index is 2.40. The van der Waals surface area contributed by atoms with Gasteiger partial charge in [0.25, 0.3) is 0 Å². The highest BCUT2D eigenvalue weighted by Crippen LogP contribution is 2.18. The lowest BCUT2D eigenvalue weighted by Crippen LogP contribution is -2.11. The summed E-state index contributed by atoms with van der Waals surface area (Å²) >= 11 is 0. The maximum atomic E-state index is 11.9. The van der Waals surface area contributed by atoms with Crippen molar-refractivity contribution in [1.29, 1.82) is 5.26 Å². The van der Waals surface area contributed by atoms with Gasteiger partial charge in [-0.25, -0.2) is 4.98 Å². The van der Waals surface area contributed by atoms with Gasteiger partial charge in [-0.05, 0) is 24.6 Å². The standard InChI is InChI=1S/C12H10N2O2/c1-2-8(6-13)12(15)9-3-4-10-11(5-9)16-7-14-10/h3-5,7-8H,2H2,1H3. The Morgan fingerprint density at radius 1 is 1.62 bits per heavy atom. The fraction of sp³-hybridized carbons (Fsp3) is 0.250. The number of benzene rings is 1. The molecule has 0 N–H and O–H groups in total. The number of Topliss-reactive ketones (excluding diaryl/α,β-unsaturated/α-hetero) is 1. The molecule has 0 aliphatic heterocycles. The predicted octanol–water partition coefficient (Wildman–Crippen LogP) is 2.56. The molecule has 0 fully saturated rings. The molecule has 1 heterocycles. The number of ketones is 1. The average molecular weight is 214 g/mol. The first kappa shape index (κ1) is 10.4. The normalized spacial score (nSPS) is 12.2. The fourth-order valence-electron chi connectivity index (χ4n) is 1.54. The van der Waals surface area contributed by atoms with Crippen LogP contribution >= 0.6 is 0 Å². The lowest BCUT2D eigenvalue weighted by atomic mass is 9.96. The van der Waals surface area contributed by atoms with Crippen molar-refractivity contribution < 1.29 is 9.21 Å². The van der Waals surface area contributed by atoms with Crippen molar-refractivity contribution in [3.63, 3.8) is 0 Å². The molecule has 0 spiro atoms. The van der Waals surface area contributed by atoms with Crippen LogP contribution in [0.1, 0.15) is 23.7 Å². The molecule has 0 aliphatic rings. The SMILES string of the molecule is CCC(C#N)C(=O)c1ccc2ncoc2c1. The quantitative estimate of drug-likeness (QED) is 0.736. The smallest absolute Gasteiger partial charge is 0.181 e. The summed E-state index contributed by atoms with van der Waals surface area (Å²) in [5, 5.41) is 8.82. The Bertz CT molecular complexity index is 566. The summed E-state index contributed by atoms with van der Waals surface area (Å²) in [4.78, 5) is 15.8. The van der Waals surface area contributed by atoms with Gasteiger partial charge in [0.2, 0.25) is 0 Å². The number of nitriles is 1. The Kier molecular flexibility index (Phi) is 2.69. The highest BCUT2D eigenvalue weighted by atomic mass is 16.3. The van der Waals surface area contributed by atoms with Crippen LogP contribution in [0.3, 0.4) is 0 Å². The van der Waals surface area contributed by atoms with Gasteiger partial charge in [-0.1, -0.05) is 6.92 Å². The van der Waals surface area contributed by atoms with Gasteiger partial charge in [0.05, 0.1) is 6.07 Å². The number of oxazole rings is 1. The molecule has 2 rings (SSSR count). The molecule has 16 heavy (non-hydrogen) atoms. The van der Waals surface area contributed by atoms with Crippen LogP contribution in [0.5, 0.6) is 0 Å². The van der Waals surface area contributed by atoms with Crippen LogP contribution in [0.15, 0.2) is 29.0 Å². The minimum atomic E-state index is -0.583. The van der Waals surface area contributed by atoms with E-state index in [1.165, 1.54) is 6.39 Å². The van der Waals surface area contributed by atoms with E-state index in [1.54, 1.807) is 18.2 Å². The Labute approximate surface area is 92.5 Å². The summed E-state index contributed by atoms with van der Waals surface area (Å²) in [5.74, 6) is -0.747. The molecule has 1 unspecified atom stereocenters. The van der Waals surface area contributed by atoms with Crippen molar-refractivity contribution in [2.24, 2.45) is 5.92 Å². The molecule has 1 aromatic carbocycles. The van der Waals surface area contributed by atoms with E-state index in [-0.39, 0.29) is 5.78 Å². The van der Waals surface area contributed by atoms with Gasteiger partial charge >= 0.3 is 0 Å². The van der Waals surface area contributed by atoms with E-state index in [0.717, 1.165) is 0 Å². The maximum Gasteiger partial charge on any atom is 0.181 e. The van der Waals surface area contributed by atoms with Crippen molar-refractivity contribution in [3.05, 3.63) is 30.2 Å². The minimum absolute atomic E-state index is 0.164. The molecule has 2 aromatic rings. The molecule has 4 heteroatoms. The van der Waals surface area contributed by atoms with Gasteiger partial charge in [0.15, 0.2) is 17.8 Å². The number of hydrogen-bond acceptors (Lipinski definition) is 4. The third kappa shape index (κ3) is 1.68. The monoisotopic (exact) mass is 214 g/mol. The van der Waals surface area contributed by atoms with Crippen molar-refractivity contribution in [2.45, 2.75) is 13.3 Å². The molecule has 1 atom stereocenters. The number of rotatable bonds is 3. The first-order chi connectivity index (χ1) is 7.76. The summed E-state index contributed by atoms with van der Waals surface area (Å²) in [5.41, 5.74) is 1.78. The van der Waals surface area contributed by atoms with Gasteiger partial charge in [0, 0.05) is 5.56 Å². The van der Waals surface area contributed by atoms with Crippen molar-refractivity contribution in [2.75, 3.05) is 0 Å². The second-order valence-electron chi connectivity index (χ2n) is 3.49. The van der Waals surface area contributed by atoms with E-state index in [2.05, 4.69) is 4.98 Å². The summed E-state index contributed by atoms with van der Waals surface area (Å²) in [7, 11) is 0. The van der Waals surface area contributed by atoms with Crippen LogP contribution in [0.2, 0.25) is 0 Å². The predicted molar refractivity (Wildman–Crippen MR) is 57.7 cm³/mol. The summed E-state index contributed by atoms with van der Waals surface area (Å²) in [6.45, 7) is 1.82. The Hall–Kier alpha value is -2.15. The van der Waals surface area contributed by atoms with Crippen molar-refractivity contribution in [3.8, 4) is 6.07 Å². The molecule has 0 radical (unpaired) electrons. The minimum Gasteiger partial charge on any atom is -0.443 e. The van der Waals surface area contributed by atoms with E-state index in [9.17, 15) is 4.79 Å². The van der Waals surface area contributed by atoms with E-state index >= 15 is 0 Å². The summed E-state index contributed by atoms with van der Waals surface area (Å²) in [6, 6.07) is 7.02. The number of carbonyl (C=O) groups is 1. The van der Waals surface area contributed by atoms with Crippen LogP contribution in [0, 0.1) is 17.2 Å². The van der Waals surface area contributed by atoms with E-state index in [4.69, 9.17) is 9.68 Å². The Morgan fingerprint density at radius 3 is 3.12 bits per heavy atom. The average Bonchev–Trinajstić information content (AvgIpc) is 2.77.